The molecule has 4 nitrogen and oxygen atoms in total. The predicted molar refractivity (Wildman–Crippen MR) is 79.9 cm³/mol. The molecule has 1 fully saturated rings. The number of nitrogens with zero attached hydrogens (tertiary/aromatic N) is 2. The van der Waals surface area contributed by atoms with E-state index in [1.54, 1.807) is 0 Å². The number of amides is 1. The molecule has 1 saturated carbocycles. The highest BCUT2D eigenvalue weighted by atomic mass is 16.2. The van der Waals surface area contributed by atoms with Crippen LogP contribution in [-0.2, 0) is 4.79 Å². The quantitative estimate of drug-likeness (QED) is 0.824. The normalized spacial score (nSPS) is 29.3. The van der Waals surface area contributed by atoms with Gasteiger partial charge in [0.15, 0.2) is 0 Å². The summed E-state index contributed by atoms with van der Waals surface area (Å²) in [5.74, 6) is 0.904. The molecule has 4 atom stereocenters. The number of nitrogens with two attached hydrogens (primary N) is 1. The Morgan fingerprint density at radius 3 is 2.53 bits per heavy atom. The topological polar surface area (TPSA) is 49.6 Å². The van der Waals surface area contributed by atoms with E-state index >= 15 is 0 Å². The van der Waals surface area contributed by atoms with Gasteiger partial charge in [0.05, 0.1) is 5.92 Å². The predicted octanol–water partition coefficient (Wildman–Crippen LogP) is 1.55. The summed E-state index contributed by atoms with van der Waals surface area (Å²) in [5, 5.41) is 0. The van der Waals surface area contributed by atoms with Crippen LogP contribution in [0.25, 0.3) is 0 Å². The van der Waals surface area contributed by atoms with Crippen molar-refractivity contribution in [1.29, 1.82) is 0 Å². The Labute approximate surface area is 118 Å². The number of hydrogen-bond donors (Lipinski definition) is 1. The molecule has 0 aromatic heterocycles. The van der Waals surface area contributed by atoms with Gasteiger partial charge in [0.2, 0.25) is 5.91 Å². The van der Waals surface area contributed by atoms with Gasteiger partial charge < -0.3 is 15.5 Å². The number of hydrogen-bond acceptors (Lipinski definition) is 3. The van der Waals surface area contributed by atoms with Crippen molar-refractivity contribution in [2.75, 3.05) is 27.2 Å². The molecule has 0 aromatic rings. The second-order valence-electron chi connectivity index (χ2n) is 6.42. The van der Waals surface area contributed by atoms with Crippen LogP contribution in [0.1, 0.15) is 40.0 Å². The minimum Gasteiger partial charge on any atom is -0.339 e. The average Bonchev–Trinajstić information content (AvgIpc) is 2.32. The molecule has 0 radical (unpaired) electrons. The highest BCUT2D eigenvalue weighted by Gasteiger charge is 2.35. The van der Waals surface area contributed by atoms with Gasteiger partial charge in [-0.25, -0.2) is 0 Å². The van der Waals surface area contributed by atoms with Gasteiger partial charge in [0.1, 0.15) is 0 Å². The summed E-state index contributed by atoms with van der Waals surface area (Å²) in [7, 11) is 4.09. The van der Waals surface area contributed by atoms with Crippen LogP contribution in [-0.4, -0.2) is 55.0 Å². The van der Waals surface area contributed by atoms with E-state index in [0.29, 0.717) is 5.92 Å². The van der Waals surface area contributed by atoms with E-state index in [9.17, 15) is 4.79 Å². The summed E-state index contributed by atoms with van der Waals surface area (Å²) in [6.07, 6.45) is 3.09. The van der Waals surface area contributed by atoms with Crippen molar-refractivity contribution in [2.45, 2.75) is 52.1 Å². The van der Waals surface area contributed by atoms with Crippen molar-refractivity contribution in [2.24, 2.45) is 17.6 Å². The fourth-order valence-corrected chi connectivity index (χ4v) is 3.21. The summed E-state index contributed by atoms with van der Waals surface area (Å²) >= 11 is 0. The Morgan fingerprint density at radius 2 is 2.00 bits per heavy atom. The van der Waals surface area contributed by atoms with Crippen LogP contribution in [0, 0.1) is 11.8 Å². The first-order valence-corrected chi connectivity index (χ1v) is 7.57. The van der Waals surface area contributed by atoms with Crippen molar-refractivity contribution in [3.05, 3.63) is 0 Å². The van der Waals surface area contributed by atoms with E-state index in [1.165, 1.54) is 0 Å². The SMILES string of the molecule is CCN(C(=O)C1CC(C)CCC1N)C(C)CN(C)C. The third kappa shape index (κ3) is 4.46. The highest BCUT2D eigenvalue weighted by Crippen LogP contribution is 2.29. The van der Waals surface area contributed by atoms with E-state index in [-0.39, 0.29) is 23.9 Å². The van der Waals surface area contributed by atoms with Crippen LogP contribution in [0.2, 0.25) is 0 Å². The molecule has 0 aliphatic heterocycles. The van der Waals surface area contributed by atoms with Gasteiger partial charge in [-0.2, -0.15) is 0 Å². The highest BCUT2D eigenvalue weighted by molar-refractivity contribution is 5.80. The lowest BCUT2D eigenvalue weighted by Crippen LogP contribution is -2.51. The lowest BCUT2D eigenvalue weighted by molar-refractivity contribution is -0.139. The van der Waals surface area contributed by atoms with Crippen molar-refractivity contribution >= 4 is 5.91 Å². The fourth-order valence-electron chi connectivity index (χ4n) is 3.21. The van der Waals surface area contributed by atoms with Crippen LogP contribution < -0.4 is 5.73 Å². The lowest BCUT2D eigenvalue weighted by atomic mass is 9.78. The molecule has 1 rings (SSSR count). The van der Waals surface area contributed by atoms with E-state index in [2.05, 4.69) is 25.7 Å². The van der Waals surface area contributed by atoms with Crippen molar-refractivity contribution in [3.8, 4) is 0 Å². The Morgan fingerprint density at radius 1 is 1.37 bits per heavy atom. The average molecular weight is 269 g/mol. The molecular formula is C15H31N3O. The standard InChI is InChI=1S/C15H31N3O/c1-6-18(12(3)10-17(4)5)15(19)13-9-11(2)7-8-14(13)16/h11-14H,6-10,16H2,1-5H3. The van der Waals surface area contributed by atoms with Crippen LogP contribution in [0.4, 0.5) is 0 Å². The first kappa shape index (κ1) is 16.4. The Bertz CT molecular complexity index is 293. The fraction of sp³-hybridized carbons (Fsp3) is 0.933. The maximum atomic E-state index is 12.7. The summed E-state index contributed by atoms with van der Waals surface area (Å²) in [6, 6.07) is 0.293. The molecule has 4 unspecified atom stereocenters. The van der Waals surface area contributed by atoms with Crippen LogP contribution in [0.3, 0.4) is 0 Å². The zero-order valence-corrected chi connectivity index (χ0v) is 13.2. The molecule has 19 heavy (non-hydrogen) atoms. The molecule has 2 N–H and O–H groups in total. The molecular weight excluding hydrogens is 238 g/mol. The van der Waals surface area contributed by atoms with Crippen LogP contribution >= 0.6 is 0 Å². The molecule has 0 saturated heterocycles. The minimum absolute atomic E-state index is 0.0216. The van der Waals surface area contributed by atoms with Gasteiger partial charge in [-0.1, -0.05) is 6.92 Å². The van der Waals surface area contributed by atoms with E-state index < -0.39 is 0 Å². The second kappa shape index (κ2) is 7.25. The van der Waals surface area contributed by atoms with E-state index in [1.807, 2.05) is 19.0 Å². The van der Waals surface area contributed by atoms with Gasteiger partial charge >= 0.3 is 0 Å². The number of carbonyl (C=O) groups is 1. The Kier molecular flexibility index (Phi) is 6.27. The summed E-state index contributed by atoms with van der Waals surface area (Å²) in [4.78, 5) is 16.9. The zero-order chi connectivity index (χ0) is 14.6. The van der Waals surface area contributed by atoms with Gasteiger partial charge in [-0.3, -0.25) is 4.79 Å². The largest absolute Gasteiger partial charge is 0.339 e. The van der Waals surface area contributed by atoms with Crippen molar-refractivity contribution in [3.63, 3.8) is 0 Å². The molecule has 1 aliphatic rings. The number of likely N-dealkylation sites (N-methyl/N-ethyl adjacent to an activating group) is 2. The Balaban J connectivity index is 2.71. The van der Waals surface area contributed by atoms with Gasteiger partial charge in [-0.15, -0.1) is 0 Å². The molecule has 0 aromatic carbocycles. The Hall–Kier alpha value is -0.610. The first-order valence-electron chi connectivity index (χ1n) is 7.57. The molecule has 0 heterocycles. The van der Waals surface area contributed by atoms with Crippen LogP contribution in [0.5, 0.6) is 0 Å². The monoisotopic (exact) mass is 269 g/mol. The minimum atomic E-state index is 0.0216. The molecule has 0 bridgehead atoms. The van der Waals surface area contributed by atoms with Crippen molar-refractivity contribution < 1.29 is 4.79 Å². The lowest BCUT2D eigenvalue weighted by Gasteiger charge is -2.38. The van der Waals surface area contributed by atoms with E-state index in [4.69, 9.17) is 5.73 Å². The first-order chi connectivity index (χ1) is 8.86. The summed E-state index contributed by atoms with van der Waals surface area (Å²) < 4.78 is 0. The molecule has 1 amide bonds. The third-order valence-electron chi connectivity index (χ3n) is 4.27. The van der Waals surface area contributed by atoms with Gasteiger partial charge in [0, 0.05) is 25.2 Å². The van der Waals surface area contributed by atoms with Crippen molar-refractivity contribution in [1.82, 2.24) is 9.80 Å². The molecule has 1 aliphatic carbocycles. The van der Waals surface area contributed by atoms with Gasteiger partial charge in [-0.05, 0) is 53.1 Å². The number of rotatable bonds is 5. The van der Waals surface area contributed by atoms with Gasteiger partial charge in [0.25, 0.3) is 0 Å². The molecule has 112 valence electrons. The third-order valence-corrected chi connectivity index (χ3v) is 4.27. The van der Waals surface area contributed by atoms with E-state index in [0.717, 1.165) is 32.4 Å². The maximum Gasteiger partial charge on any atom is 0.227 e. The maximum absolute atomic E-state index is 12.7. The second-order valence-corrected chi connectivity index (χ2v) is 6.42. The summed E-state index contributed by atoms with van der Waals surface area (Å²) in [6.45, 7) is 8.08. The smallest absolute Gasteiger partial charge is 0.227 e. The molecule has 0 spiro atoms. The number of carbonyl (C=O) groups excluding carboxylic acids is 1. The zero-order valence-electron chi connectivity index (χ0n) is 13.2. The molecule has 4 heteroatoms. The van der Waals surface area contributed by atoms with Crippen LogP contribution in [0.15, 0.2) is 0 Å². The summed E-state index contributed by atoms with van der Waals surface area (Å²) in [5.41, 5.74) is 6.18.